The maximum atomic E-state index is 12.3. The minimum Gasteiger partial charge on any atom is -0.474 e. The maximum absolute atomic E-state index is 12.3. The van der Waals surface area contributed by atoms with Crippen LogP contribution in [0.2, 0.25) is 5.02 Å². The summed E-state index contributed by atoms with van der Waals surface area (Å²) in [6, 6.07) is 9.53. The summed E-state index contributed by atoms with van der Waals surface area (Å²) in [5.41, 5.74) is 0.858. The molecule has 1 aliphatic rings. The summed E-state index contributed by atoms with van der Waals surface area (Å²) in [5.74, 6) is -0.0241. The van der Waals surface area contributed by atoms with Gasteiger partial charge in [-0.05, 0) is 61.6 Å². The zero-order valence-electron chi connectivity index (χ0n) is 15.4. The van der Waals surface area contributed by atoms with Crippen LogP contribution in [0.5, 0.6) is 5.88 Å². The largest absolute Gasteiger partial charge is 0.474 e. The number of rotatable bonds is 8. The number of sulfone groups is 1. The molecule has 0 spiro atoms. The molecule has 1 aromatic carbocycles. The summed E-state index contributed by atoms with van der Waals surface area (Å²) in [6.45, 7) is 0.295. The third kappa shape index (κ3) is 5.94. The number of amides is 1. The van der Waals surface area contributed by atoms with E-state index in [0.29, 0.717) is 17.4 Å². The molecular formula is C20H23ClN2O4S. The van der Waals surface area contributed by atoms with E-state index in [-0.39, 0.29) is 29.1 Å². The predicted octanol–water partition coefficient (Wildman–Crippen LogP) is 3.54. The molecule has 0 bridgehead atoms. The summed E-state index contributed by atoms with van der Waals surface area (Å²) in [7, 11) is -3.52. The second-order valence-electron chi connectivity index (χ2n) is 6.83. The van der Waals surface area contributed by atoms with Crippen LogP contribution in [0.4, 0.5) is 0 Å². The normalized spacial score (nSPS) is 14.8. The van der Waals surface area contributed by atoms with E-state index >= 15 is 0 Å². The van der Waals surface area contributed by atoms with Crippen molar-refractivity contribution in [2.75, 3.05) is 5.75 Å². The predicted molar refractivity (Wildman–Crippen MR) is 107 cm³/mol. The van der Waals surface area contributed by atoms with E-state index in [1.807, 2.05) is 6.07 Å². The van der Waals surface area contributed by atoms with Crippen molar-refractivity contribution in [1.82, 2.24) is 10.3 Å². The number of carbonyl (C=O) groups excluding carboxylic acids is 1. The molecule has 0 radical (unpaired) electrons. The molecule has 1 aliphatic carbocycles. The highest BCUT2D eigenvalue weighted by atomic mass is 35.5. The molecule has 6 nitrogen and oxygen atoms in total. The number of carbonyl (C=O) groups is 1. The average molecular weight is 423 g/mol. The highest BCUT2D eigenvalue weighted by Crippen LogP contribution is 2.23. The monoisotopic (exact) mass is 422 g/mol. The lowest BCUT2D eigenvalue weighted by atomic mass is 10.2. The molecule has 0 aliphatic heterocycles. The van der Waals surface area contributed by atoms with Gasteiger partial charge in [0.25, 0.3) is 0 Å². The van der Waals surface area contributed by atoms with Crippen LogP contribution in [0.25, 0.3) is 0 Å². The van der Waals surface area contributed by atoms with Gasteiger partial charge in [-0.1, -0.05) is 11.6 Å². The van der Waals surface area contributed by atoms with Crippen LogP contribution in [-0.2, 0) is 21.2 Å². The van der Waals surface area contributed by atoms with E-state index in [9.17, 15) is 13.2 Å². The Bertz CT molecular complexity index is 910. The van der Waals surface area contributed by atoms with Crippen molar-refractivity contribution in [2.24, 2.45) is 0 Å². The molecule has 8 heteroatoms. The molecule has 1 fully saturated rings. The van der Waals surface area contributed by atoms with Crippen LogP contribution in [0.1, 0.15) is 37.7 Å². The van der Waals surface area contributed by atoms with Gasteiger partial charge in [0.2, 0.25) is 11.8 Å². The average Bonchev–Trinajstić information content (AvgIpc) is 3.18. The van der Waals surface area contributed by atoms with Gasteiger partial charge in [-0.15, -0.1) is 0 Å². The van der Waals surface area contributed by atoms with Crippen molar-refractivity contribution in [2.45, 2.75) is 49.6 Å². The lowest BCUT2D eigenvalue weighted by Gasteiger charge is -2.13. The molecule has 150 valence electrons. The summed E-state index contributed by atoms with van der Waals surface area (Å²) in [6.07, 6.45) is 6.21. The van der Waals surface area contributed by atoms with Gasteiger partial charge >= 0.3 is 0 Å². The van der Waals surface area contributed by atoms with Gasteiger partial charge in [-0.2, -0.15) is 0 Å². The molecule has 0 atom stereocenters. The van der Waals surface area contributed by atoms with Crippen LogP contribution < -0.4 is 10.1 Å². The number of benzene rings is 1. The van der Waals surface area contributed by atoms with Crippen molar-refractivity contribution >= 4 is 27.3 Å². The van der Waals surface area contributed by atoms with Crippen molar-refractivity contribution in [3.63, 3.8) is 0 Å². The van der Waals surface area contributed by atoms with Gasteiger partial charge in [0, 0.05) is 30.3 Å². The lowest BCUT2D eigenvalue weighted by molar-refractivity contribution is -0.120. The quantitative estimate of drug-likeness (QED) is 0.703. The topological polar surface area (TPSA) is 85.4 Å². The first-order chi connectivity index (χ1) is 13.4. The molecule has 3 rings (SSSR count). The number of nitrogens with one attached hydrogen (secondary N) is 1. The van der Waals surface area contributed by atoms with Crippen molar-refractivity contribution in [3.8, 4) is 5.88 Å². The van der Waals surface area contributed by atoms with E-state index < -0.39 is 9.84 Å². The van der Waals surface area contributed by atoms with Gasteiger partial charge < -0.3 is 10.1 Å². The second kappa shape index (κ2) is 9.39. The summed E-state index contributed by atoms with van der Waals surface area (Å²) in [4.78, 5) is 16.4. The van der Waals surface area contributed by atoms with E-state index in [0.717, 1.165) is 18.4 Å². The molecule has 1 heterocycles. The number of ether oxygens (including phenoxy) is 1. The Morgan fingerprint density at radius 2 is 1.89 bits per heavy atom. The SMILES string of the molecule is O=C(CCS(=O)(=O)c1ccc(Cl)cc1)NCc1ccnc(OC2CCCC2)c1. The highest BCUT2D eigenvalue weighted by Gasteiger charge is 2.18. The van der Waals surface area contributed by atoms with Gasteiger partial charge in [0.1, 0.15) is 6.10 Å². The number of nitrogens with zero attached hydrogens (tertiary/aromatic N) is 1. The minimum atomic E-state index is -3.52. The standard InChI is InChI=1S/C20H23ClN2O4S/c21-16-5-7-18(8-6-16)28(25,26)12-10-19(24)23-14-15-9-11-22-20(13-15)27-17-3-1-2-4-17/h5-9,11,13,17H,1-4,10,12,14H2,(H,23,24). The molecular weight excluding hydrogens is 400 g/mol. The smallest absolute Gasteiger partial charge is 0.221 e. The van der Waals surface area contributed by atoms with Crippen LogP contribution in [0, 0.1) is 0 Å². The van der Waals surface area contributed by atoms with Crippen LogP contribution in [0.3, 0.4) is 0 Å². The highest BCUT2D eigenvalue weighted by molar-refractivity contribution is 7.91. The first-order valence-corrected chi connectivity index (χ1v) is 11.3. The van der Waals surface area contributed by atoms with E-state index in [1.54, 1.807) is 12.3 Å². The van der Waals surface area contributed by atoms with Gasteiger partial charge in [-0.25, -0.2) is 13.4 Å². The fourth-order valence-electron chi connectivity index (χ4n) is 3.08. The van der Waals surface area contributed by atoms with Gasteiger partial charge in [0.15, 0.2) is 9.84 Å². The Hall–Kier alpha value is -2.12. The molecule has 0 saturated heterocycles. The summed E-state index contributed by atoms with van der Waals surface area (Å²) < 4.78 is 30.4. The Labute approximate surface area is 170 Å². The van der Waals surface area contributed by atoms with Crippen molar-refractivity contribution in [3.05, 3.63) is 53.2 Å². The van der Waals surface area contributed by atoms with Gasteiger partial charge in [-0.3, -0.25) is 4.79 Å². The third-order valence-corrected chi connectivity index (χ3v) is 6.63. The van der Waals surface area contributed by atoms with E-state index in [4.69, 9.17) is 16.3 Å². The zero-order valence-corrected chi connectivity index (χ0v) is 17.0. The number of aromatic nitrogens is 1. The Morgan fingerprint density at radius 3 is 2.61 bits per heavy atom. The van der Waals surface area contributed by atoms with Gasteiger partial charge in [0.05, 0.1) is 10.6 Å². The summed E-state index contributed by atoms with van der Waals surface area (Å²) >= 11 is 5.77. The summed E-state index contributed by atoms with van der Waals surface area (Å²) in [5, 5.41) is 3.21. The molecule has 1 aromatic heterocycles. The molecule has 28 heavy (non-hydrogen) atoms. The van der Waals surface area contributed by atoms with E-state index in [1.165, 1.54) is 37.1 Å². The van der Waals surface area contributed by atoms with Crippen LogP contribution >= 0.6 is 11.6 Å². The lowest BCUT2D eigenvalue weighted by Crippen LogP contribution is -2.25. The van der Waals surface area contributed by atoms with Crippen LogP contribution in [-0.4, -0.2) is 31.2 Å². The first-order valence-electron chi connectivity index (χ1n) is 9.29. The Kier molecular flexibility index (Phi) is 6.91. The molecule has 1 saturated carbocycles. The Morgan fingerprint density at radius 1 is 1.18 bits per heavy atom. The third-order valence-electron chi connectivity index (χ3n) is 4.65. The first kappa shape index (κ1) is 20.6. The number of hydrogen-bond acceptors (Lipinski definition) is 5. The molecule has 1 N–H and O–H groups in total. The second-order valence-corrected chi connectivity index (χ2v) is 9.37. The van der Waals surface area contributed by atoms with E-state index in [2.05, 4.69) is 10.3 Å². The fourth-order valence-corrected chi connectivity index (χ4v) is 4.44. The molecule has 0 unspecified atom stereocenters. The zero-order chi connectivity index (χ0) is 20.0. The van der Waals surface area contributed by atoms with Crippen molar-refractivity contribution < 1.29 is 17.9 Å². The Balaban J connectivity index is 1.48. The number of pyridine rings is 1. The maximum Gasteiger partial charge on any atom is 0.221 e. The number of hydrogen-bond donors (Lipinski definition) is 1. The van der Waals surface area contributed by atoms with Crippen molar-refractivity contribution in [1.29, 1.82) is 0 Å². The molecule has 1 amide bonds. The van der Waals surface area contributed by atoms with Crippen LogP contribution in [0.15, 0.2) is 47.5 Å². The molecule has 2 aromatic rings. The minimum absolute atomic E-state index is 0.110. The number of halogens is 1. The fraction of sp³-hybridized carbons (Fsp3) is 0.400.